The molecule has 5 heteroatoms. The number of nitrogens with zero attached hydrogens (tertiary/aromatic N) is 2. The van der Waals surface area contributed by atoms with Crippen molar-refractivity contribution >= 4 is 23.7 Å². The predicted octanol–water partition coefficient (Wildman–Crippen LogP) is 2.05. The van der Waals surface area contributed by atoms with Crippen LogP contribution in [0.1, 0.15) is 30.5 Å². The van der Waals surface area contributed by atoms with Gasteiger partial charge >= 0.3 is 0 Å². The molecular weight excluding hydrogens is 242 g/mol. The number of likely N-dealkylation sites (tertiary alicyclic amines) is 1. The summed E-state index contributed by atoms with van der Waals surface area (Å²) in [6.07, 6.45) is 3.45. The first-order valence-electron chi connectivity index (χ1n) is 5.69. The van der Waals surface area contributed by atoms with Crippen LogP contribution in [0.2, 0.25) is 0 Å². The molecule has 92 valence electrons. The van der Waals surface area contributed by atoms with E-state index in [2.05, 4.69) is 22.2 Å². The summed E-state index contributed by atoms with van der Waals surface area (Å²) >= 11 is 1.77. The molecule has 3 nitrogen and oxygen atoms in total. The first-order chi connectivity index (χ1) is 7.28. The predicted molar refractivity (Wildman–Crippen MR) is 71.2 cm³/mol. The summed E-state index contributed by atoms with van der Waals surface area (Å²) in [6.45, 7) is 5.33. The van der Waals surface area contributed by atoms with Gasteiger partial charge in [0.05, 0.1) is 10.7 Å². The van der Waals surface area contributed by atoms with Gasteiger partial charge in [-0.25, -0.2) is 4.98 Å². The molecule has 2 heterocycles. The number of thiazole rings is 1. The molecule has 2 rings (SSSR count). The quantitative estimate of drug-likeness (QED) is 0.906. The number of piperidine rings is 1. The lowest BCUT2D eigenvalue weighted by Gasteiger charge is -2.29. The van der Waals surface area contributed by atoms with Crippen LogP contribution in [0.4, 0.5) is 0 Å². The van der Waals surface area contributed by atoms with Crippen molar-refractivity contribution in [1.29, 1.82) is 0 Å². The number of nitrogens with two attached hydrogens (primary N) is 1. The lowest BCUT2D eigenvalue weighted by Crippen LogP contribution is -2.42. The molecule has 0 spiro atoms. The van der Waals surface area contributed by atoms with Gasteiger partial charge in [-0.3, -0.25) is 4.90 Å². The van der Waals surface area contributed by atoms with E-state index in [-0.39, 0.29) is 12.4 Å². The third-order valence-electron chi connectivity index (χ3n) is 2.83. The molecule has 0 bridgehead atoms. The molecule has 0 amide bonds. The zero-order valence-electron chi connectivity index (χ0n) is 9.69. The van der Waals surface area contributed by atoms with Crippen molar-refractivity contribution in [1.82, 2.24) is 9.88 Å². The molecule has 1 aromatic rings. The number of hydrogen-bond acceptors (Lipinski definition) is 4. The van der Waals surface area contributed by atoms with Crippen molar-refractivity contribution in [3.05, 3.63) is 16.1 Å². The van der Waals surface area contributed by atoms with Crippen LogP contribution in [0.3, 0.4) is 0 Å². The largest absolute Gasteiger partial charge is 0.327 e. The van der Waals surface area contributed by atoms with Gasteiger partial charge in [0.15, 0.2) is 0 Å². The summed E-state index contributed by atoms with van der Waals surface area (Å²) in [5.41, 5.74) is 7.16. The Hall–Kier alpha value is -0.160. The number of rotatable bonds is 3. The van der Waals surface area contributed by atoms with E-state index in [0.29, 0.717) is 6.04 Å². The molecule has 16 heavy (non-hydrogen) atoms. The highest BCUT2D eigenvalue weighted by Crippen LogP contribution is 2.15. The van der Waals surface area contributed by atoms with Crippen LogP contribution < -0.4 is 5.73 Å². The maximum atomic E-state index is 5.95. The molecule has 1 saturated heterocycles. The molecule has 1 fully saturated rings. The smallest absolute Gasteiger partial charge is 0.0926 e. The van der Waals surface area contributed by atoms with E-state index in [4.69, 9.17) is 5.73 Å². The van der Waals surface area contributed by atoms with Crippen LogP contribution in [0.15, 0.2) is 5.38 Å². The molecule has 1 aliphatic heterocycles. The average molecular weight is 262 g/mol. The molecule has 1 atom stereocenters. The Bertz CT molecular complexity index is 316. The Balaban J connectivity index is 0.00000128. The van der Waals surface area contributed by atoms with Gasteiger partial charge in [0.25, 0.3) is 0 Å². The van der Waals surface area contributed by atoms with Gasteiger partial charge in [-0.15, -0.1) is 23.7 Å². The van der Waals surface area contributed by atoms with Gasteiger partial charge in [0.1, 0.15) is 0 Å². The minimum atomic E-state index is 0. The second-order valence-corrected chi connectivity index (χ2v) is 5.17. The van der Waals surface area contributed by atoms with Gasteiger partial charge in [-0.05, 0) is 25.8 Å². The van der Waals surface area contributed by atoms with E-state index in [1.807, 2.05) is 0 Å². The Morgan fingerprint density at radius 2 is 2.44 bits per heavy atom. The van der Waals surface area contributed by atoms with Gasteiger partial charge in [-0.2, -0.15) is 0 Å². The van der Waals surface area contributed by atoms with E-state index in [9.17, 15) is 0 Å². The highest BCUT2D eigenvalue weighted by atomic mass is 35.5. The maximum Gasteiger partial charge on any atom is 0.0926 e. The monoisotopic (exact) mass is 261 g/mol. The summed E-state index contributed by atoms with van der Waals surface area (Å²) in [4.78, 5) is 7.00. The molecule has 0 aromatic carbocycles. The highest BCUT2D eigenvalue weighted by Gasteiger charge is 2.17. The van der Waals surface area contributed by atoms with Crippen molar-refractivity contribution in [3.63, 3.8) is 0 Å². The van der Waals surface area contributed by atoms with Crippen molar-refractivity contribution in [2.24, 2.45) is 5.73 Å². The Kier molecular flexibility index (Phi) is 5.69. The molecule has 1 aliphatic rings. The third kappa shape index (κ3) is 3.70. The average Bonchev–Trinajstić information content (AvgIpc) is 2.65. The van der Waals surface area contributed by atoms with E-state index in [1.165, 1.54) is 30.1 Å². The van der Waals surface area contributed by atoms with Crippen LogP contribution in [-0.2, 0) is 13.0 Å². The lowest BCUT2D eigenvalue weighted by atomic mass is 10.1. The number of halogens is 1. The van der Waals surface area contributed by atoms with E-state index in [1.54, 1.807) is 11.3 Å². The van der Waals surface area contributed by atoms with Crippen LogP contribution >= 0.6 is 23.7 Å². The fourth-order valence-electron chi connectivity index (χ4n) is 2.05. The van der Waals surface area contributed by atoms with Crippen LogP contribution in [0.5, 0.6) is 0 Å². The van der Waals surface area contributed by atoms with Crippen LogP contribution in [-0.4, -0.2) is 29.0 Å². The first-order valence-corrected chi connectivity index (χ1v) is 6.57. The van der Waals surface area contributed by atoms with E-state index < -0.39 is 0 Å². The third-order valence-corrected chi connectivity index (χ3v) is 3.87. The van der Waals surface area contributed by atoms with Crippen LogP contribution in [0.25, 0.3) is 0 Å². The summed E-state index contributed by atoms with van der Waals surface area (Å²) in [5.74, 6) is 0. The zero-order valence-corrected chi connectivity index (χ0v) is 11.3. The van der Waals surface area contributed by atoms with Gasteiger partial charge in [0.2, 0.25) is 0 Å². The summed E-state index contributed by atoms with van der Waals surface area (Å²) in [5, 5.41) is 3.42. The fraction of sp³-hybridized carbons (Fsp3) is 0.727. The molecular formula is C11H20ClN3S. The minimum Gasteiger partial charge on any atom is -0.327 e. The van der Waals surface area contributed by atoms with Crippen molar-refractivity contribution in [2.45, 2.75) is 38.8 Å². The highest BCUT2D eigenvalue weighted by molar-refractivity contribution is 7.09. The Morgan fingerprint density at radius 1 is 1.62 bits per heavy atom. The standard InChI is InChI=1S/C11H19N3S.ClH/c1-2-11-13-10(8-15-11)7-14-5-3-4-9(12)6-14;/h8-9H,2-7,12H2,1H3;1H/t9-;/m1./s1. The van der Waals surface area contributed by atoms with Gasteiger partial charge < -0.3 is 5.73 Å². The SMILES string of the molecule is CCc1nc(CN2CCC[C@@H](N)C2)cs1.Cl. The summed E-state index contributed by atoms with van der Waals surface area (Å²) in [7, 11) is 0. The first kappa shape index (κ1) is 13.9. The Morgan fingerprint density at radius 3 is 3.06 bits per heavy atom. The fourth-order valence-corrected chi connectivity index (χ4v) is 2.78. The van der Waals surface area contributed by atoms with E-state index >= 15 is 0 Å². The van der Waals surface area contributed by atoms with Crippen molar-refractivity contribution in [3.8, 4) is 0 Å². The van der Waals surface area contributed by atoms with E-state index in [0.717, 1.165) is 19.5 Å². The molecule has 2 N–H and O–H groups in total. The van der Waals surface area contributed by atoms with Gasteiger partial charge in [0, 0.05) is 24.5 Å². The second-order valence-electron chi connectivity index (χ2n) is 4.22. The number of hydrogen-bond donors (Lipinski definition) is 1. The molecule has 0 radical (unpaired) electrons. The van der Waals surface area contributed by atoms with Crippen molar-refractivity contribution < 1.29 is 0 Å². The summed E-state index contributed by atoms with van der Waals surface area (Å²) < 4.78 is 0. The second kappa shape index (κ2) is 6.55. The van der Waals surface area contributed by atoms with Crippen molar-refractivity contribution in [2.75, 3.05) is 13.1 Å². The van der Waals surface area contributed by atoms with Gasteiger partial charge in [-0.1, -0.05) is 6.92 Å². The molecule has 0 aliphatic carbocycles. The normalized spacial score (nSPS) is 21.8. The lowest BCUT2D eigenvalue weighted by molar-refractivity contribution is 0.199. The maximum absolute atomic E-state index is 5.95. The molecule has 0 unspecified atom stereocenters. The number of aryl methyl sites for hydroxylation is 1. The molecule has 1 aromatic heterocycles. The topological polar surface area (TPSA) is 42.2 Å². The Labute approximate surface area is 107 Å². The molecule has 0 saturated carbocycles. The number of aromatic nitrogens is 1. The minimum absolute atomic E-state index is 0. The summed E-state index contributed by atoms with van der Waals surface area (Å²) in [6, 6.07) is 0.364. The van der Waals surface area contributed by atoms with Crippen LogP contribution in [0, 0.1) is 0 Å². The zero-order chi connectivity index (χ0) is 10.7.